The molecule has 168 valence electrons. The highest BCUT2D eigenvalue weighted by Gasteiger charge is 2.29. The minimum Gasteiger partial charge on any atom is -0.348 e. The standard InChI is InChI=1S/C23H18ClFN4O3S/c24-19-4-2-1-3-17(19)22-18-7-5-14(23(30)27-16-9-10-33(31,32)13-16)11-20(18)29(28-22)21-8-6-15(25)12-26-21/h1-8,11-12,16H,9-10,13H2,(H,27,30)/t16-/m1/s1. The van der Waals surface area contributed by atoms with Crippen molar-refractivity contribution < 1.29 is 17.6 Å². The van der Waals surface area contributed by atoms with Crippen molar-refractivity contribution in [2.75, 3.05) is 11.5 Å². The van der Waals surface area contributed by atoms with Crippen LogP contribution in [0.1, 0.15) is 16.8 Å². The van der Waals surface area contributed by atoms with Gasteiger partial charge in [-0.2, -0.15) is 5.10 Å². The molecule has 1 amide bonds. The molecule has 1 saturated heterocycles. The van der Waals surface area contributed by atoms with Crippen molar-refractivity contribution in [3.8, 4) is 17.1 Å². The molecular formula is C23H18ClFN4O3S. The number of fused-ring (bicyclic) bond motifs is 1. The molecule has 4 aromatic rings. The average Bonchev–Trinajstić information content (AvgIpc) is 3.33. The zero-order valence-electron chi connectivity index (χ0n) is 17.2. The van der Waals surface area contributed by atoms with Crippen LogP contribution in [0.15, 0.2) is 60.8 Å². The van der Waals surface area contributed by atoms with Gasteiger partial charge in [0.05, 0.1) is 28.2 Å². The molecule has 0 unspecified atom stereocenters. The second kappa shape index (κ2) is 8.24. The molecule has 1 aliphatic rings. The monoisotopic (exact) mass is 484 g/mol. The van der Waals surface area contributed by atoms with Gasteiger partial charge in [0.1, 0.15) is 11.5 Å². The van der Waals surface area contributed by atoms with E-state index in [4.69, 9.17) is 11.6 Å². The minimum atomic E-state index is -3.12. The van der Waals surface area contributed by atoms with Crippen LogP contribution >= 0.6 is 11.6 Å². The highest BCUT2D eigenvalue weighted by atomic mass is 35.5. The molecule has 10 heteroatoms. The predicted octanol–water partition coefficient (Wildman–Crippen LogP) is 3.80. The third-order valence-electron chi connectivity index (χ3n) is 5.57. The lowest BCUT2D eigenvalue weighted by Gasteiger charge is -2.11. The Labute approximate surface area is 194 Å². The van der Waals surface area contributed by atoms with Crippen molar-refractivity contribution in [3.05, 3.63) is 77.2 Å². The topological polar surface area (TPSA) is 94.0 Å². The Kier molecular flexibility index (Phi) is 5.38. The number of sulfone groups is 1. The Bertz CT molecular complexity index is 1490. The van der Waals surface area contributed by atoms with E-state index in [1.165, 1.54) is 16.8 Å². The van der Waals surface area contributed by atoms with Crippen molar-refractivity contribution >= 4 is 38.2 Å². The Morgan fingerprint density at radius 2 is 1.97 bits per heavy atom. The molecule has 2 aromatic carbocycles. The Balaban J connectivity index is 1.60. The van der Waals surface area contributed by atoms with Crippen LogP contribution < -0.4 is 5.32 Å². The molecule has 2 aromatic heterocycles. The van der Waals surface area contributed by atoms with Gasteiger partial charge < -0.3 is 5.32 Å². The number of pyridine rings is 1. The van der Waals surface area contributed by atoms with E-state index >= 15 is 0 Å². The second-order valence-electron chi connectivity index (χ2n) is 7.88. The molecule has 0 spiro atoms. The summed E-state index contributed by atoms with van der Waals surface area (Å²) in [6.45, 7) is 0. The molecule has 0 saturated carbocycles. The van der Waals surface area contributed by atoms with Crippen LogP contribution in [0, 0.1) is 5.82 Å². The lowest BCUT2D eigenvalue weighted by molar-refractivity contribution is 0.0941. The summed E-state index contributed by atoms with van der Waals surface area (Å²) < 4.78 is 38.4. The van der Waals surface area contributed by atoms with Gasteiger partial charge in [-0.1, -0.05) is 29.8 Å². The van der Waals surface area contributed by atoms with Gasteiger partial charge in [-0.15, -0.1) is 0 Å². The fraction of sp³-hybridized carbons (Fsp3) is 0.174. The van der Waals surface area contributed by atoms with Gasteiger partial charge in [0.2, 0.25) is 0 Å². The lowest BCUT2D eigenvalue weighted by Crippen LogP contribution is -2.35. The van der Waals surface area contributed by atoms with E-state index in [1.54, 1.807) is 24.3 Å². The normalized spacial score (nSPS) is 17.3. The predicted molar refractivity (Wildman–Crippen MR) is 124 cm³/mol. The van der Waals surface area contributed by atoms with Crippen molar-refractivity contribution in [2.24, 2.45) is 0 Å². The van der Waals surface area contributed by atoms with Crippen LogP contribution in [0.25, 0.3) is 28.0 Å². The molecule has 3 heterocycles. The largest absolute Gasteiger partial charge is 0.348 e. The number of hydrogen-bond donors (Lipinski definition) is 1. The molecule has 0 bridgehead atoms. The first-order valence-electron chi connectivity index (χ1n) is 10.2. The molecule has 1 fully saturated rings. The van der Waals surface area contributed by atoms with Gasteiger partial charge in [0.25, 0.3) is 5.91 Å². The molecular weight excluding hydrogens is 467 g/mol. The summed E-state index contributed by atoms with van der Waals surface area (Å²) >= 11 is 6.41. The minimum absolute atomic E-state index is 0.0604. The van der Waals surface area contributed by atoms with Crippen LogP contribution in [-0.4, -0.2) is 46.6 Å². The molecule has 33 heavy (non-hydrogen) atoms. The summed E-state index contributed by atoms with van der Waals surface area (Å²) in [5.41, 5.74) is 2.23. The highest BCUT2D eigenvalue weighted by molar-refractivity contribution is 7.91. The summed E-state index contributed by atoms with van der Waals surface area (Å²) in [5, 5.41) is 8.72. The van der Waals surface area contributed by atoms with E-state index < -0.39 is 21.7 Å². The van der Waals surface area contributed by atoms with E-state index in [-0.39, 0.29) is 17.4 Å². The third kappa shape index (κ3) is 4.21. The lowest BCUT2D eigenvalue weighted by atomic mass is 10.1. The van der Waals surface area contributed by atoms with Gasteiger partial charge in [-0.3, -0.25) is 4.79 Å². The number of aromatic nitrogens is 3. The van der Waals surface area contributed by atoms with E-state index in [1.807, 2.05) is 18.2 Å². The highest BCUT2D eigenvalue weighted by Crippen LogP contribution is 2.34. The number of carbonyl (C=O) groups is 1. The van der Waals surface area contributed by atoms with Gasteiger partial charge in [0.15, 0.2) is 15.7 Å². The Hall–Kier alpha value is -3.30. The first-order chi connectivity index (χ1) is 15.8. The molecule has 0 radical (unpaired) electrons. The number of rotatable bonds is 4. The zero-order valence-corrected chi connectivity index (χ0v) is 18.8. The molecule has 1 N–H and O–H groups in total. The Morgan fingerprint density at radius 3 is 2.67 bits per heavy atom. The number of carbonyl (C=O) groups excluding carboxylic acids is 1. The molecule has 5 rings (SSSR count). The molecule has 1 atom stereocenters. The van der Waals surface area contributed by atoms with Crippen molar-refractivity contribution in [1.82, 2.24) is 20.1 Å². The van der Waals surface area contributed by atoms with Gasteiger partial charge in [-0.05, 0) is 42.8 Å². The van der Waals surface area contributed by atoms with Crippen LogP contribution in [0.3, 0.4) is 0 Å². The number of halogens is 2. The van der Waals surface area contributed by atoms with E-state index in [2.05, 4.69) is 15.4 Å². The molecule has 0 aliphatic carbocycles. The van der Waals surface area contributed by atoms with E-state index in [9.17, 15) is 17.6 Å². The molecule has 7 nitrogen and oxygen atoms in total. The summed E-state index contributed by atoms with van der Waals surface area (Å²) in [7, 11) is -3.12. The van der Waals surface area contributed by atoms with Crippen molar-refractivity contribution in [3.63, 3.8) is 0 Å². The number of benzene rings is 2. The summed E-state index contributed by atoms with van der Waals surface area (Å²) in [6.07, 6.45) is 1.49. The van der Waals surface area contributed by atoms with E-state index in [0.717, 1.165) is 11.6 Å². The summed E-state index contributed by atoms with van der Waals surface area (Å²) in [6, 6.07) is 14.7. The van der Waals surface area contributed by atoms with Crippen LogP contribution in [0.5, 0.6) is 0 Å². The maximum atomic E-state index is 13.5. The third-order valence-corrected chi connectivity index (χ3v) is 7.67. The van der Waals surface area contributed by atoms with Crippen LogP contribution in [0.2, 0.25) is 5.02 Å². The van der Waals surface area contributed by atoms with E-state index in [0.29, 0.717) is 39.6 Å². The number of nitrogens with one attached hydrogen (secondary N) is 1. The maximum Gasteiger partial charge on any atom is 0.251 e. The summed E-state index contributed by atoms with van der Waals surface area (Å²) in [4.78, 5) is 17.0. The maximum absolute atomic E-state index is 13.5. The van der Waals surface area contributed by atoms with Gasteiger partial charge in [-0.25, -0.2) is 22.5 Å². The number of nitrogens with zero attached hydrogens (tertiary/aromatic N) is 3. The zero-order chi connectivity index (χ0) is 23.2. The van der Waals surface area contributed by atoms with Crippen molar-refractivity contribution in [1.29, 1.82) is 0 Å². The smallest absolute Gasteiger partial charge is 0.251 e. The van der Waals surface area contributed by atoms with Crippen LogP contribution in [0.4, 0.5) is 4.39 Å². The SMILES string of the molecule is O=C(N[C@@H]1CCS(=O)(=O)C1)c1ccc2c(-c3ccccc3Cl)nn(-c3ccc(F)cn3)c2c1. The van der Waals surface area contributed by atoms with Crippen LogP contribution in [-0.2, 0) is 9.84 Å². The quantitative estimate of drug-likeness (QED) is 0.475. The summed E-state index contributed by atoms with van der Waals surface area (Å²) in [5.74, 6) is -0.471. The van der Waals surface area contributed by atoms with Gasteiger partial charge in [0, 0.05) is 22.6 Å². The fourth-order valence-corrected chi connectivity index (χ4v) is 5.85. The van der Waals surface area contributed by atoms with Gasteiger partial charge >= 0.3 is 0 Å². The number of amides is 1. The first kappa shape index (κ1) is 21.5. The Morgan fingerprint density at radius 1 is 1.15 bits per heavy atom. The van der Waals surface area contributed by atoms with Crippen molar-refractivity contribution in [2.45, 2.75) is 12.5 Å². The average molecular weight is 485 g/mol. The number of hydrogen-bond acceptors (Lipinski definition) is 5. The second-order valence-corrected chi connectivity index (χ2v) is 10.5. The first-order valence-corrected chi connectivity index (χ1v) is 12.4. The fourth-order valence-electron chi connectivity index (χ4n) is 3.95. The molecule has 1 aliphatic heterocycles.